The molecule has 0 unspecified atom stereocenters. The first kappa shape index (κ1) is 14.6. The number of anilines is 1. The number of nitrogens with one attached hydrogen (secondary N) is 3. The fraction of sp³-hybridized carbons (Fsp3) is 0.588. The Hall–Kier alpha value is -1.95. The number of hydrogen-bond acceptors (Lipinski definition) is 5. The number of hydrogen-bond donors (Lipinski definition) is 3. The summed E-state index contributed by atoms with van der Waals surface area (Å²) in [5, 5.41) is 7.85. The molecular formula is C17H23N5O. The molecule has 1 saturated heterocycles. The SMILES string of the molecule is C[C@H]1CC[C@@H](Nc2ncnc3[nH]cc(C(=O)C4CCC4)c23)CN1. The van der Waals surface area contributed by atoms with Crippen molar-refractivity contribution in [2.24, 2.45) is 5.92 Å². The van der Waals surface area contributed by atoms with Crippen molar-refractivity contribution in [3.63, 3.8) is 0 Å². The first-order chi connectivity index (χ1) is 11.2. The molecule has 0 spiro atoms. The molecule has 0 amide bonds. The summed E-state index contributed by atoms with van der Waals surface area (Å²) in [7, 11) is 0. The molecule has 1 aliphatic heterocycles. The van der Waals surface area contributed by atoms with Crippen LogP contribution in [0.5, 0.6) is 0 Å². The summed E-state index contributed by atoms with van der Waals surface area (Å²) in [6.07, 6.45) is 8.78. The van der Waals surface area contributed by atoms with Crippen molar-refractivity contribution in [3.8, 4) is 0 Å². The highest BCUT2D eigenvalue weighted by atomic mass is 16.1. The van der Waals surface area contributed by atoms with Crippen LogP contribution in [0, 0.1) is 5.92 Å². The van der Waals surface area contributed by atoms with Gasteiger partial charge in [0.2, 0.25) is 0 Å². The van der Waals surface area contributed by atoms with E-state index >= 15 is 0 Å². The van der Waals surface area contributed by atoms with Gasteiger partial charge in [0.05, 0.1) is 5.39 Å². The quantitative estimate of drug-likeness (QED) is 0.755. The fourth-order valence-corrected chi connectivity index (χ4v) is 3.47. The van der Waals surface area contributed by atoms with Crippen molar-refractivity contribution < 1.29 is 4.79 Å². The molecule has 1 saturated carbocycles. The van der Waals surface area contributed by atoms with Gasteiger partial charge in [-0.3, -0.25) is 4.79 Å². The number of ketones is 1. The van der Waals surface area contributed by atoms with Crippen molar-refractivity contribution in [1.82, 2.24) is 20.3 Å². The summed E-state index contributed by atoms with van der Waals surface area (Å²) in [6, 6.07) is 0.910. The number of H-pyrrole nitrogens is 1. The lowest BCUT2D eigenvalue weighted by Gasteiger charge is -2.29. The van der Waals surface area contributed by atoms with E-state index in [-0.39, 0.29) is 11.7 Å². The number of aromatic nitrogens is 3. The number of aromatic amines is 1. The van der Waals surface area contributed by atoms with Gasteiger partial charge in [-0.1, -0.05) is 6.42 Å². The number of piperidine rings is 1. The van der Waals surface area contributed by atoms with E-state index in [1.807, 2.05) is 0 Å². The van der Waals surface area contributed by atoms with Gasteiger partial charge in [-0.05, 0) is 32.6 Å². The lowest BCUT2D eigenvalue weighted by Crippen LogP contribution is -2.43. The van der Waals surface area contributed by atoms with E-state index < -0.39 is 0 Å². The predicted molar refractivity (Wildman–Crippen MR) is 89.7 cm³/mol. The molecular weight excluding hydrogens is 290 g/mol. The first-order valence-corrected chi connectivity index (χ1v) is 8.58. The van der Waals surface area contributed by atoms with Crippen LogP contribution in [0.1, 0.15) is 49.4 Å². The van der Waals surface area contributed by atoms with Crippen LogP contribution in [0.15, 0.2) is 12.5 Å². The van der Waals surface area contributed by atoms with E-state index in [0.717, 1.165) is 61.1 Å². The Labute approximate surface area is 135 Å². The van der Waals surface area contributed by atoms with Crippen LogP contribution in [-0.2, 0) is 0 Å². The van der Waals surface area contributed by atoms with Gasteiger partial charge in [-0.2, -0.15) is 0 Å². The second-order valence-corrected chi connectivity index (χ2v) is 6.87. The van der Waals surface area contributed by atoms with Gasteiger partial charge >= 0.3 is 0 Å². The second kappa shape index (κ2) is 5.92. The molecule has 0 aromatic carbocycles. The summed E-state index contributed by atoms with van der Waals surface area (Å²) in [4.78, 5) is 24.5. The minimum absolute atomic E-state index is 0.180. The minimum Gasteiger partial charge on any atom is -0.365 e. The van der Waals surface area contributed by atoms with Crippen LogP contribution in [0.25, 0.3) is 11.0 Å². The van der Waals surface area contributed by atoms with Crippen molar-refractivity contribution in [2.75, 3.05) is 11.9 Å². The number of Topliss-reactive ketones (excluding diaryl/α,β-unsaturated/α-hetero) is 1. The molecule has 2 fully saturated rings. The molecule has 3 heterocycles. The van der Waals surface area contributed by atoms with Gasteiger partial charge < -0.3 is 15.6 Å². The van der Waals surface area contributed by atoms with Crippen LogP contribution >= 0.6 is 0 Å². The number of carbonyl (C=O) groups is 1. The van der Waals surface area contributed by atoms with Gasteiger partial charge in [-0.15, -0.1) is 0 Å². The number of carbonyl (C=O) groups excluding carboxylic acids is 1. The molecule has 0 bridgehead atoms. The molecule has 0 radical (unpaired) electrons. The van der Waals surface area contributed by atoms with E-state index in [4.69, 9.17) is 0 Å². The molecule has 2 atom stereocenters. The standard InChI is InChI=1S/C17H23N5O/c1-10-5-6-12(7-18-10)22-17-14-13(15(23)11-3-2-4-11)8-19-16(14)20-9-21-17/h8-12,18H,2-7H2,1H3,(H2,19,20,21,22)/t10-,12+/m0/s1. The van der Waals surface area contributed by atoms with E-state index in [0.29, 0.717) is 12.1 Å². The number of rotatable bonds is 4. The third-order valence-electron chi connectivity index (χ3n) is 5.21. The van der Waals surface area contributed by atoms with Gasteiger partial charge in [0.15, 0.2) is 5.78 Å². The lowest BCUT2D eigenvalue weighted by atomic mass is 9.80. The van der Waals surface area contributed by atoms with Crippen molar-refractivity contribution in [3.05, 3.63) is 18.1 Å². The molecule has 4 rings (SSSR count). The Morgan fingerprint density at radius 3 is 2.83 bits per heavy atom. The predicted octanol–water partition coefficient (Wildman–Crippen LogP) is 2.49. The van der Waals surface area contributed by atoms with Gasteiger partial charge in [-0.25, -0.2) is 9.97 Å². The van der Waals surface area contributed by atoms with Crippen molar-refractivity contribution in [2.45, 2.75) is 51.1 Å². The maximum absolute atomic E-state index is 12.7. The minimum atomic E-state index is 0.180. The van der Waals surface area contributed by atoms with Gasteiger partial charge in [0, 0.05) is 36.3 Å². The Kier molecular flexibility index (Phi) is 3.77. The normalized spacial score (nSPS) is 25.3. The molecule has 1 aliphatic carbocycles. The van der Waals surface area contributed by atoms with E-state index in [1.54, 1.807) is 12.5 Å². The number of nitrogens with zero attached hydrogens (tertiary/aromatic N) is 2. The smallest absolute Gasteiger partial charge is 0.168 e. The average Bonchev–Trinajstić information content (AvgIpc) is 2.93. The Morgan fingerprint density at radius 1 is 1.26 bits per heavy atom. The van der Waals surface area contributed by atoms with E-state index in [9.17, 15) is 4.79 Å². The van der Waals surface area contributed by atoms with Crippen LogP contribution in [0.2, 0.25) is 0 Å². The fourth-order valence-electron chi connectivity index (χ4n) is 3.47. The maximum Gasteiger partial charge on any atom is 0.168 e. The molecule has 23 heavy (non-hydrogen) atoms. The Balaban J connectivity index is 1.63. The van der Waals surface area contributed by atoms with Crippen molar-refractivity contribution >= 4 is 22.6 Å². The highest BCUT2D eigenvalue weighted by Gasteiger charge is 2.29. The van der Waals surface area contributed by atoms with E-state index in [2.05, 4.69) is 32.5 Å². The topological polar surface area (TPSA) is 82.7 Å². The molecule has 2 aromatic heterocycles. The van der Waals surface area contributed by atoms with Crippen LogP contribution < -0.4 is 10.6 Å². The second-order valence-electron chi connectivity index (χ2n) is 6.87. The largest absolute Gasteiger partial charge is 0.365 e. The number of fused-ring (bicyclic) bond motifs is 1. The molecule has 2 aliphatic rings. The van der Waals surface area contributed by atoms with Crippen LogP contribution in [0.4, 0.5) is 5.82 Å². The highest BCUT2D eigenvalue weighted by Crippen LogP contribution is 2.33. The highest BCUT2D eigenvalue weighted by molar-refractivity contribution is 6.11. The van der Waals surface area contributed by atoms with Crippen LogP contribution in [0.3, 0.4) is 0 Å². The molecule has 3 N–H and O–H groups in total. The lowest BCUT2D eigenvalue weighted by molar-refractivity contribution is 0.0857. The average molecular weight is 313 g/mol. The summed E-state index contributed by atoms with van der Waals surface area (Å²) in [5.41, 5.74) is 1.48. The summed E-state index contributed by atoms with van der Waals surface area (Å²) in [6.45, 7) is 3.13. The Bertz CT molecular complexity index is 713. The van der Waals surface area contributed by atoms with Crippen molar-refractivity contribution in [1.29, 1.82) is 0 Å². The molecule has 6 nitrogen and oxygen atoms in total. The molecule has 122 valence electrons. The molecule has 6 heteroatoms. The summed E-state index contributed by atoms with van der Waals surface area (Å²) in [5.74, 6) is 1.19. The van der Waals surface area contributed by atoms with Crippen LogP contribution in [-0.4, -0.2) is 39.4 Å². The zero-order valence-electron chi connectivity index (χ0n) is 13.4. The zero-order valence-corrected chi connectivity index (χ0v) is 13.4. The monoisotopic (exact) mass is 313 g/mol. The molecule has 2 aromatic rings. The zero-order chi connectivity index (χ0) is 15.8. The third kappa shape index (κ3) is 2.72. The van der Waals surface area contributed by atoms with E-state index in [1.165, 1.54) is 0 Å². The van der Waals surface area contributed by atoms with Gasteiger partial charge in [0.25, 0.3) is 0 Å². The first-order valence-electron chi connectivity index (χ1n) is 8.58. The summed E-state index contributed by atoms with van der Waals surface area (Å²) >= 11 is 0. The maximum atomic E-state index is 12.7. The van der Waals surface area contributed by atoms with Gasteiger partial charge in [0.1, 0.15) is 17.8 Å². The Morgan fingerprint density at radius 2 is 2.13 bits per heavy atom. The summed E-state index contributed by atoms with van der Waals surface area (Å²) < 4.78 is 0. The third-order valence-corrected chi connectivity index (χ3v) is 5.21.